The van der Waals surface area contributed by atoms with E-state index in [4.69, 9.17) is 0 Å². The van der Waals surface area contributed by atoms with Crippen LogP contribution in [0.1, 0.15) is 33.4 Å². The van der Waals surface area contributed by atoms with Gasteiger partial charge in [-0.3, -0.25) is 0 Å². The van der Waals surface area contributed by atoms with Crippen LogP contribution in [0.2, 0.25) is 0 Å². The molecule has 0 aliphatic heterocycles. The highest BCUT2D eigenvalue weighted by Crippen LogP contribution is 2.86. The fraction of sp³-hybridized carbons (Fsp3) is 0.0769. The summed E-state index contributed by atoms with van der Waals surface area (Å²) in [6.07, 6.45) is 0. The van der Waals surface area contributed by atoms with Crippen LogP contribution >= 0.6 is 35.6 Å². The molecule has 4 heteroatoms. The topological polar surface area (TPSA) is 0 Å². The van der Waals surface area contributed by atoms with Crippen LogP contribution in [-0.4, -0.2) is 0 Å². The molecule has 0 saturated heterocycles. The highest BCUT2D eigenvalue weighted by atomic mass is 31.2. The first-order chi connectivity index (χ1) is 21.0. The summed E-state index contributed by atoms with van der Waals surface area (Å²) < 4.78 is 0. The predicted octanol–water partition coefficient (Wildman–Crippen LogP) is 10.8. The van der Waals surface area contributed by atoms with Gasteiger partial charge in [-0.1, -0.05) is 182 Å². The summed E-state index contributed by atoms with van der Waals surface area (Å²) in [5.74, 6) is 0. The maximum absolute atomic E-state index is 3.44. The van der Waals surface area contributed by atoms with E-state index < -0.39 is 22.6 Å². The van der Waals surface area contributed by atoms with Crippen molar-refractivity contribution in [1.82, 2.24) is 0 Å². The molecule has 0 N–H and O–H groups in total. The van der Waals surface area contributed by atoms with Gasteiger partial charge in [0.2, 0.25) is 0 Å². The second-order valence-electron chi connectivity index (χ2n) is 10.8. The molecule has 0 radical (unpaired) electrons. The minimum Gasteiger partial charge on any atom is -0.117 e. The SMILES string of the molecule is PC(c1ccccc1)(c1ccccc1)P(C(P)(c1ccccc1)c1ccccc1)C(P)(c1ccccc1)c1ccccc1. The Hall–Kier alpha value is -2.96. The van der Waals surface area contributed by atoms with Crippen LogP contribution in [0.25, 0.3) is 0 Å². The quantitative estimate of drug-likeness (QED) is 0.140. The third kappa shape index (κ3) is 5.46. The molecule has 0 saturated carbocycles. The summed E-state index contributed by atoms with van der Waals surface area (Å²) >= 11 is 0. The van der Waals surface area contributed by atoms with E-state index in [1.54, 1.807) is 0 Å². The van der Waals surface area contributed by atoms with Gasteiger partial charge in [-0.15, -0.1) is 27.7 Å². The highest BCUT2D eigenvalue weighted by Gasteiger charge is 2.58. The van der Waals surface area contributed by atoms with Crippen molar-refractivity contribution in [3.05, 3.63) is 215 Å². The van der Waals surface area contributed by atoms with Gasteiger partial charge in [-0.2, -0.15) is 0 Å². The van der Waals surface area contributed by atoms with E-state index in [0.29, 0.717) is 0 Å². The molecule has 6 aromatic rings. The molecule has 0 nitrogen and oxygen atoms in total. The average molecular weight is 629 g/mol. The lowest BCUT2D eigenvalue weighted by Gasteiger charge is -2.57. The molecule has 6 aromatic carbocycles. The molecule has 0 amide bonds. The highest BCUT2D eigenvalue weighted by molar-refractivity contribution is 7.78. The molecule has 3 atom stereocenters. The molecule has 43 heavy (non-hydrogen) atoms. The Morgan fingerprint density at radius 2 is 0.395 bits per heavy atom. The standard InChI is InChI=1S/C39H36P4/c40-37(31-19-7-1-8-20-31,32-21-9-2-10-22-32)43(38(41,33-23-11-3-12-24-33)34-25-13-4-14-26-34)39(42,35-27-15-5-16-28-35)36-29-17-6-18-30-36/h1-30H,40-42H2. The van der Waals surface area contributed by atoms with E-state index in [1.165, 1.54) is 33.4 Å². The Balaban J connectivity index is 1.83. The maximum atomic E-state index is 3.44. The summed E-state index contributed by atoms with van der Waals surface area (Å²) in [6, 6.07) is 66.5. The predicted molar refractivity (Wildman–Crippen MR) is 197 cm³/mol. The van der Waals surface area contributed by atoms with Crippen LogP contribution in [-0.2, 0) is 14.7 Å². The van der Waals surface area contributed by atoms with E-state index in [1.807, 2.05) is 0 Å². The van der Waals surface area contributed by atoms with Crippen LogP contribution in [0.3, 0.4) is 0 Å². The van der Waals surface area contributed by atoms with Crippen molar-refractivity contribution >= 4 is 35.6 Å². The van der Waals surface area contributed by atoms with Gasteiger partial charge in [0.05, 0.1) is 14.7 Å². The van der Waals surface area contributed by atoms with Crippen molar-refractivity contribution in [3.63, 3.8) is 0 Å². The van der Waals surface area contributed by atoms with Gasteiger partial charge in [0.25, 0.3) is 0 Å². The molecule has 0 aromatic heterocycles. The number of rotatable bonds is 9. The van der Waals surface area contributed by atoms with Crippen LogP contribution < -0.4 is 0 Å². The molecule has 0 bridgehead atoms. The van der Waals surface area contributed by atoms with E-state index in [9.17, 15) is 0 Å². The zero-order valence-electron chi connectivity index (χ0n) is 24.0. The Labute approximate surface area is 264 Å². The van der Waals surface area contributed by atoms with Crippen LogP contribution in [0.5, 0.6) is 0 Å². The number of hydrogen-bond donors (Lipinski definition) is 0. The molecule has 212 valence electrons. The zero-order chi connectivity index (χ0) is 29.8. The van der Waals surface area contributed by atoms with E-state index in [2.05, 4.69) is 210 Å². The number of hydrogen-bond acceptors (Lipinski definition) is 0. The van der Waals surface area contributed by atoms with E-state index >= 15 is 0 Å². The minimum absolute atomic E-state index is 0.473. The normalized spacial score (nSPS) is 12.3. The van der Waals surface area contributed by atoms with Crippen molar-refractivity contribution in [2.24, 2.45) is 0 Å². The molecule has 0 aliphatic rings. The largest absolute Gasteiger partial charge is 0.117 e. The first kappa shape index (κ1) is 30.1. The van der Waals surface area contributed by atoms with Gasteiger partial charge >= 0.3 is 0 Å². The van der Waals surface area contributed by atoms with Gasteiger partial charge in [-0.25, -0.2) is 0 Å². The summed E-state index contributed by atoms with van der Waals surface area (Å²) in [4.78, 5) is -1.42. The fourth-order valence-electron chi connectivity index (χ4n) is 6.26. The van der Waals surface area contributed by atoms with Crippen molar-refractivity contribution in [2.75, 3.05) is 0 Å². The lowest BCUT2D eigenvalue weighted by Crippen LogP contribution is -2.38. The van der Waals surface area contributed by atoms with Crippen LogP contribution in [0, 0.1) is 0 Å². The molecule has 3 unspecified atom stereocenters. The Kier molecular flexibility index (Phi) is 9.06. The summed E-state index contributed by atoms with van der Waals surface area (Å²) in [7, 11) is 9.15. The van der Waals surface area contributed by atoms with Crippen molar-refractivity contribution in [1.29, 1.82) is 0 Å². The Morgan fingerprint density at radius 3 is 0.535 bits per heavy atom. The van der Waals surface area contributed by atoms with E-state index in [-0.39, 0.29) is 0 Å². The van der Waals surface area contributed by atoms with Gasteiger partial charge < -0.3 is 0 Å². The fourth-order valence-corrected chi connectivity index (χ4v) is 16.5. The summed E-state index contributed by atoms with van der Waals surface area (Å²) in [5, 5.41) is 0. The first-order valence-electron chi connectivity index (χ1n) is 14.5. The van der Waals surface area contributed by atoms with Crippen molar-refractivity contribution in [3.8, 4) is 0 Å². The molecular weight excluding hydrogens is 592 g/mol. The monoisotopic (exact) mass is 628 g/mol. The Morgan fingerprint density at radius 1 is 0.256 bits per heavy atom. The third-order valence-corrected chi connectivity index (χ3v) is 16.3. The lowest BCUT2D eigenvalue weighted by molar-refractivity contribution is 0.901. The lowest BCUT2D eigenvalue weighted by atomic mass is 10.0. The van der Waals surface area contributed by atoms with Gasteiger partial charge in [-0.05, 0) is 41.3 Å². The second-order valence-corrected chi connectivity index (χ2v) is 17.7. The van der Waals surface area contributed by atoms with Crippen molar-refractivity contribution < 1.29 is 0 Å². The molecule has 0 fully saturated rings. The molecular formula is C39H36P4. The van der Waals surface area contributed by atoms with Crippen LogP contribution in [0.4, 0.5) is 0 Å². The molecule has 0 aliphatic carbocycles. The van der Waals surface area contributed by atoms with E-state index in [0.717, 1.165) is 0 Å². The Bertz CT molecular complexity index is 1400. The van der Waals surface area contributed by atoms with Crippen LogP contribution in [0.15, 0.2) is 182 Å². The smallest absolute Gasteiger partial charge is 0.0568 e. The summed E-state index contributed by atoms with van der Waals surface area (Å²) in [5.41, 5.74) is 7.64. The zero-order valence-corrected chi connectivity index (χ0v) is 28.4. The maximum Gasteiger partial charge on any atom is 0.0568 e. The van der Waals surface area contributed by atoms with Gasteiger partial charge in [0.1, 0.15) is 0 Å². The summed E-state index contributed by atoms with van der Waals surface area (Å²) in [6.45, 7) is 0. The van der Waals surface area contributed by atoms with Crippen molar-refractivity contribution in [2.45, 2.75) is 14.7 Å². The third-order valence-electron chi connectivity index (χ3n) is 8.34. The minimum atomic E-state index is -1.17. The first-order valence-corrected chi connectivity index (χ1v) is 17.6. The second kappa shape index (κ2) is 13.0. The van der Waals surface area contributed by atoms with Gasteiger partial charge in [0, 0.05) is 0 Å². The average Bonchev–Trinajstić information content (AvgIpc) is 3.10. The molecule has 0 spiro atoms. The molecule has 0 heterocycles. The van der Waals surface area contributed by atoms with Gasteiger partial charge in [0.15, 0.2) is 0 Å². The molecule has 6 rings (SSSR count). The number of benzene rings is 6.